The van der Waals surface area contributed by atoms with E-state index in [2.05, 4.69) is 16.5 Å². The zero-order valence-corrected chi connectivity index (χ0v) is 30.0. The van der Waals surface area contributed by atoms with Crippen molar-refractivity contribution in [1.82, 2.24) is 9.62 Å². The number of hydrogen-bond acceptors (Lipinski definition) is 7. The summed E-state index contributed by atoms with van der Waals surface area (Å²) in [6.07, 6.45) is -1.81. The summed E-state index contributed by atoms with van der Waals surface area (Å²) in [5.74, 6) is -0.0180. The van der Waals surface area contributed by atoms with Crippen molar-refractivity contribution in [3.63, 3.8) is 0 Å². The quantitative estimate of drug-likeness (QED) is 0.119. The minimum Gasteiger partial charge on any atom is -0.392 e. The minimum atomic E-state index is -3.67. The van der Waals surface area contributed by atoms with Crippen LogP contribution in [0, 0.1) is 5.92 Å². The van der Waals surface area contributed by atoms with Gasteiger partial charge in [-0.2, -0.15) is 0 Å². The Morgan fingerprint density at radius 2 is 1.39 bits per heavy atom. The van der Waals surface area contributed by atoms with Gasteiger partial charge in [0.25, 0.3) is 0 Å². The van der Waals surface area contributed by atoms with Gasteiger partial charge in [-0.3, -0.25) is 4.90 Å². The molecule has 0 saturated carbocycles. The standard InChI is InChI=1S/C42H46N2O6S/c1-29-39(27-44(3)30(2)40(46)33-12-6-4-7-13-33)49-42(50-41(29)34-20-18-31(28-45)19-21-34)35-24-22-32(23-25-35)38-17-11-10-14-36(38)26-43-51(47,48)37-15-8-5-9-16-37/h4-25,29-30,39-43,45-46H,26-28H2,1-3H3/t29-,30-,39+,40-,41+,42+/m1/s1. The van der Waals surface area contributed by atoms with Gasteiger partial charge in [0.1, 0.15) is 0 Å². The monoisotopic (exact) mass is 706 g/mol. The molecule has 5 aromatic carbocycles. The molecule has 1 heterocycles. The Labute approximate surface area is 301 Å². The highest BCUT2D eigenvalue weighted by atomic mass is 32.2. The van der Waals surface area contributed by atoms with Crippen LogP contribution in [0.5, 0.6) is 0 Å². The fourth-order valence-electron chi connectivity index (χ4n) is 6.58. The summed E-state index contributed by atoms with van der Waals surface area (Å²) in [7, 11) is -1.66. The van der Waals surface area contributed by atoms with Crippen LogP contribution in [0.2, 0.25) is 0 Å². The lowest BCUT2D eigenvalue weighted by atomic mass is 9.89. The number of aliphatic hydroxyl groups excluding tert-OH is 2. The lowest BCUT2D eigenvalue weighted by Gasteiger charge is -2.43. The first-order valence-electron chi connectivity index (χ1n) is 17.3. The second-order valence-electron chi connectivity index (χ2n) is 13.3. The molecule has 0 aliphatic carbocycles. The number of benzene rings is 5. The first-order chi connectivity index (χ1) is 24.6. The average molecular weight is 707 g/mol. The predicted octanol–water partition coefficient (Wildman–Crippen LogP) is 7.17. The third-order valence-electron chi connectivity index (χ3n) is 9.90. The van der Waals surface area contributed by atoms with Gasteiger partial charge in [-0.1, -0.05) is 128 Å². The van der Waals surface area contributed by atoms with Crippen molar-refractivity contribution in [3.8, 4) is 11.1 Å². The Morgan fingerprint density at radius 1 is 0.784 bits per heavy atom. The molecular weight excluding hydrogens is 661 g/mol. The summed E-state index contributed by atoms with van der Waals surface area (Å²) in [4.78, 5) is 2.36. The molecule has 1 fully saturated rings. The van der Waals surface area contributed by atoms with E-state index in [1.807, 2.05) is 117 Å². The zero-order valence-electron chi connectivity index (χ0n) is 29.2. The fraction of sp³-hybridized carbons (Fsp3) is 0.286. The van der Waals surface area contributed by atoms with Crippen molar-refractivity contribution >= 4 is 10.0 Å². The van der Waals surface area contributed by atoms with Gasteiger partial charge in [-0.25, -0.2) is 13.1 Å². The molecule has 1 saturated heterocycles. The number of sulfonamides is 1. The summed E-state index contributed by atoms with van der Waals surface area (Å²) in [5.41, 5.74) is 6.27. The molecule has 0 amide bonds. The van der Waals surface area contributed by atoms with Gasteiger partial charge in [0, 0.05) is 30.6 Å². The maximum atomic E-state index is 12.9. The van der Waals surface area contributed by atoms with Crippen LogP contribution in [0.15, 0.2) is 138 Å². The normalized spacial score (nSPS) is 20.6. The topological polar surface area (TPSA) is 108 Å². The fourth-order valence-corrected chi connectivity index (χ4v) is 7.61. The van der Waals surface area contributed by atoms with Crippen LogP contribution in [0.4, 0.5) is 0 Å². The maximum Gasteiger partial charge on any atom is 0.240 e. The van der Waals surface area contributed by atoms with Crippen molar-refractivity contribution in [2.75, 3.05) is 13.6 Å². The highest BCUT2D eigenvalue weighted by molar-refractivity contribution is 7.89. The molecule has 266 valence electrons. The molecule has 0 bridgehead atoms. The van der Waals surface area contributed by atoms with Gasteiger partial charge in [-0.05, 0) is 59.5 Å². The Balaban J connectivity index is 1.22. The van der Waals surface area contributed by atoms with Crippen molar-refractivity contribution in [2.45, 2.75) is 62.5 Å². The number of nitrogens with one attached hydrogen (secondary N) is 1. The van der Waals surface area contributed by atoms with Gasteiger partial charge in [0.15, 0.2) is 6.29 Å². The van der Waals surface area contributed by atoms with Gasteiger partial charge in [-0.15, -0.1) is 0 Å². The molecule has 1 aliphatic rings. The van der Waals surface area contributed by atoms with Crippen LogP contribution in [0.3, 0.4) is 0 Å². The van der Waals surface area contributed by atoms with E-state index in [1.54, 1.807) is 30.3 Å². The van der Waals surface area contributed by atoms with E-state index < -0.39 is 22.4 Å². The second kappa shape index (κ2) is 16.4. The summed E-state index contributed by atoms with van der Waals surface area (Å²) >= 11 is 0. The van der Waals surface area contributed by atoms with E-state index in [9.17, 15) is 18.6 Å². The zero-order chi connectivity index (χ0) is 36.0. The largest absolute Gasteiger partial charge is 0.392 e. The van der Waals surface area contributed by atoms with E-state index in [0.717, 1.165) is 38.9 Å². The molecular formula is C42H46N2O6S. The van der Waals surface area contributed by atoms with Gasteiger partial charge in [0.2, 0.25) is 10.0 Å². The molecule has 6 atom stereocenters. The van der Waals surface area contributed by atoms with Gasteiger partial charge < -0.3 is 19.7 Å². The highest BCUT2D eigenvalue weighted by Gasteiger charge is 2.39. The van der Waals surface area contributed by atoms with Crippen LogP contribution in [-0.4, -0.2) is 49.3 Å². The molecule has 5 aromatic rings. The molecule has 0 aromatic heterocycles. The van der Waals surface area contributed by atoms with Crippen LogP contribution in [0.25, 0.3) is 11.1 Å². The van der Waals surface area contributed by atoms with E-state index >= 15 is 0 Å². The number of aliphatic hydroxyl groups is 2. The Bertz CT molecular complexity index is 1960. The summed E-state index contributed by atoms with van der Waals surface area (Å²) in [5, 5.41) is 20.8. The average Bonchev–Trinajstić information content (AvgIpc) is 3.18. The molecule has 51 heavy (non-hydrogen) atoms. The van der Waals surface area contributed by atoms with Crippen LogP contribution < -0.4 is 4.72 Å². The van der Waals surface area contributed by atoms with Crippen molar-refractivity contribution in [2.24, 2.45) is 5.92 Å². The molecule has 3 N–H and O–H groups in total. The molecule has 1 aliphatic heterocycles. The lowest BCUT2D eigenvalue weighted by Crippen LogP contribution is -2.46. The molecule has 0 unspecified atom stereocenters. The molecule has 0 spiro atoms. The lowest BCUT2D eigenvalue weighted by molar-refractivity contribution is -0.276. The third-order valence-corrected chi connectivity index (χ3v) is 11.3. The number of ether oxygens (including phenoxy) is 2. The first-order valence-corrected chi connectivity index (χ1v) is 18.8. The van der Waals surface area contributed by atoms with E-state index in [-0.39, 0.29) is 42.2 Å². The SMILES string of the molecule is C[C@@H]1[C@H](CN(C)[C@H](C)[C@@H](O)c2ccccc2)O[C@H](c2ccc(-c3ccccc3CNS(=O)(=O)c3ccccc3)cc2)O[C@@H]1c1ccc(CO)cc1. The van der Waals surface area contributed by atoms with Gasteiger partial charge >= 0.3 is 0 Å². The molecule has 9 heteroatoms. The summed E-state index contributed by atoms with van der Waals surface area (Å²) < 4.78 is 42.0. The Morgan fingerprint density at radius 3 is 2.06 bits per heavy atom. The number of hydrogen-bond donors (Lipinski definition) is 3. The molecule has 8 nitrogen and oxygen atoms in total. The van der Waals surface area contributed by atoms with Crippen molar-refractivity contribution in [1.29, 1.82) is 0 Å². The molecule has 0 radical (unpaired) electrons. The second-order valence-corrected chi connectivity index (χ2v) is 15.0. The minimum absolute atomic E-state index is 0.0180. The van der Waals surface area contributed by atoms with Crippen LogP contribution in [-0.2, 0) is 32.6 Å². The van der Waals surface area contributed by atoms with Crippen LogP contribution >= 0.6 is 0 Å². The number of nitrogens with zero attached hydrogens (tertiary/aromatic N) is 1. The van der Waals surface area contributed by atoms with E-state index in [1.165, 1.54) is 0 Å². The van der Waals surface area contributed by atoms with Gasteiger partial charge in [0.05, 0.1) is 29.8 Å². The van der Waals surface area contributed by atoms with Crippen molar-refractivity contribution < 1.29 is 28.1 Å². The number of rotatable bonds is 13. The number of likely N-dealkylation sites (N-methyl/N-ethyl adjacent to an activating group) is 1. The maximum absolute atomic E-state index is 12.9. The summed E-state index contributed by atoms with van der Waals surface area (Å²) in [6.45, 7) is 4.83. The third kappa shape index (κ3) is 8.65. The van der Waals surface area contributed by atoms with Crippen LogP contribution in [0.1, 0.15) is 60.2 Å². The van der Waals surface area contributed by atoms with E-state index in [0.29, 0.717) is 6.54 Å². The highest BCUT2D eigenvalue weighted by Crippen LogP contribution is 2.42. The Kier molecular flexibility index (Phi) is 11.8. The summed E-state index contributed by atoms with van der Waals surface area (Å²) in [6, 6.07) is 41.5. The first kappa shape index (κ1) is 36.6. The predicted molar refractivity (Wildman–Crippen MR) is 199 cm³/mol. The smallest absolute Gasteiger partial charge is 0.240 e. The molecule has 6 rings (SSSR count). The van der Waals surface area contributed by atoms with E-state index in [4.69, 9.17) is 9.47 Å². The van der Waals surface area contributed by atoms with Crippen molar-refractivity contribution in [3.05, 3.63) is 161 Å². The Hall–Kier alpha value is -4.19.